The van der Waals surface area contributed by atoms with Crippen LogP contribution < -0.4 is 5.32 Å². The molecule has 1 heterocycles. The van der Waals surface area contributed by atoms with E-state index in [1.807, 2.05) is 43.3 Å². The highest BCUT2D eigenvalue weighted by atomic mass is 35.5. The highest BCUT2D eigenvalue weighted by Crippen LogP contribution is 2.25. The Balaban J connectivity index is 1.50. The van der Waals surface area contributed by atoms with Gasteiger partial charge >= 0.3 is 0 Å². The quantitative estimate of drug-likeness (QED) is 0.675. The van der Waals surface area contributed by atoms with Crippen LogP contribution in [0.25, 0.3) is 0 Å². The van der Waals surface area contributed by atoms with Gasteiger partial charge in [-0.3, -0.25) is 19.3 Å². The first-order chi connectivity index (χ1) is 13.9. The average Bonchev–Trinajstić information content (AvgIpc) is 2.94. The molecule has 0 bridgehead atoms. The van der Waals surface area contributed by atoms with Gasteiger partial charge in [-0.2, -0.15) is 0 Å². The van der Waals surface area contributed by atoms with Gasteiger partial charge in [0.1, 0.15) is 0 Å². The SMILES string of the molecule is CN(C)[C@@H](CNC(=O)CCCN1C(=O)c2ccccc2C1=O)c1ccccc1Cl. The Hall–Kier alpha value is -2.70. The number of halogens is 1. The predicted molar refractivity (Wildman–Crippen MR) is 112 cm³/mol. The fraction of sp³-hybridized carbons (Fsp3) is 0.318. The topological polar surface area (TPSA) is 69.7 Å². The number of carbonyl (C=O) groups is 3. The van der Waals surface area contributed by atoms with Crippen LogP contribution in [0.2, 0.25) is 5.02 Å². The Morgan fingerprint density at radius 1 is 1.03 bits per heavy atom. The lowest BCUT2D eigenvalue weighted by Gasteiger charge is -2.26. The molecule has 1 aliphatic rings. The van der Waals surface area contributed by atoms with Gasteiger partial charge in [-0.1, -0.05) is 41.9 Å². The van der Waals surface area contributed by atoms with Crippen LogP contribution in [0.4, 0.5) is 0 Å². The van der Waals surface area contributed by atoms with E-state index in [0.29, 0.717) is 29.1 Å². The maximum atomic E-state index is 12.3. The maximum Gasteiger partial charge on any atom is 0.261 e. The van der Waals surface area contributed by atoms with E-state index in [9.17, 15) is 14.4 Å². The Labute approximate surface area is 175 Å². The van der Waals surface area contributed by atoms with Crippen LogP contribution in [0.1, 0.15) is 45.2 Å². The molecule has 0 fully saturated rings. The molecule has 3 rings (SSSR count). The molecule has 1 aliphatic heterocycles. The number of nitrogens with one attached hydrogen (secondary N) is 1. The van der Waals surface area contributed by atoms with Gasteiger partial charge in [0.25, 0.3) is 11.8 Å². The Kier molecular flexibility index (Phi) is 6.67. The summed E-state index contributed by atoms with van der Waals surface area (Å²) in [6.07, 6.45) is 0.645. The highest BCUT2D eigenvalue weighted by Gasteiger charge is 2.34. The Morgan fingerprint density at radius 3 is 2.21 bits per heavy atom. The van der Waals surface area contributed by atoms with Crippen LogP contribution >= 0.6 is 11.6 Å². The number of likely N-dealkylation sites (N-methyl/N-ethyl adjacent to an activating group) is 1. The Morgan fingerprint density at radius 2 is 1.62 bits per heavy atom. The second-order valence-corrected chi connectivity index (χ2v) is 7.62. The van der Waals surface area contributed by atoms with Crippen molar-refractivity contribution < 1.29 is 14.4 Å². The van der Waals surface area contributed by atoms with E-state index >= 15 is 0 Å². The number of hydrogen-bond acceptors (Lipinski definition) is 4. The zero-order valence-electron chi connectivity index (χ0n) is 16.5. The fourth-order valence-electron chi connectivity index (χ4n) is 3.45. The number of hydrogen-bond donors (Lipinski definition) is 1. The lowest BCUT2D eigenvalue weighted by atomic mass is 10.1. The normalized spacial score (nSPS) is 14.3. The van der Waals surface area contributed by atoms with Crippen LogP contribution in [0.3, 0.4) is 0 Å². The molecule has 0 radical (unpaired) electrons. The van der Waals surface area contributed by atoms with E-state index in [0.717, 1.165) is 5.56 Å². The number of nitrogens with zero attached hydrogens (tertiary/aromatic N) is 2. The monoisotopic (exact) mass is 413 g/mol. The molecule has 0 aromatic heterocycles. The summed E-state index contributed by atoms with van der Waals surface area (Å²) in [6, 6.07) is 14.3. The van der Waals surface area contributed by atoms with Crippen molar-refractivity contribution in [2.24, 2.45) is 0 Å². The van der Waals surface area contributed by atoms with Gasteiger partial charge in [0.2, 0.25) is 5.91 Å². The lowest BCUT2D eigenvalue weighted by Crippen LogP contribution is -2.35. The maximum absolute atomic E-state index is 12.3. The standard InChI is InChI=1S/C22H24ClN3O3/c1-25(2)19(17-10-5-6-11-18(17)23)14-24-20(27)12-7-13-26-21(28)15-8-3-4-9-16(15)22(26)29/h3-6,8-11,19H,7,12-14H2,1-2H3,(H,24,27)/t19-/m0/s1. The molecule has 3 amide bonds. The molecule has 0 saturated carbocycles. The van der Waals surface area contributed by atoms with Crippen LogP contribution in [0.5, 0.6) is 0 Å². The average molecular weight is 414 g/mol. The number of amides is 3. The minimum absolute atomic E-state index is 0.0520. The largest absolute Gasteiger partial charge is 0.354 e. The van der Waals surface area contributed by atoms with Gasteiger partial charge in [0.05, 0.1) is 17.2 Å². The summed E-state index contributed by atoms with van der Waals surface area (Å²) in [7, 11) is 3.87. The second-order valence-electron chi connectivity index (χ2n) is 7.22. The molecule has 7 heteroatoms. The molecule has 29 heavy (non-hydrogen) atoms. The highest BCUT2D eigenvalue weighted by molar-refractivity contribution is 6.31. The summed E-state index contributed by atoms with van der Waals surface area (Å²) in [4.78, 5) is 40.2. The van der Waals surface area contributed by atoms with Gasteiger partial charge < -0.3 is 10.2 Å². The molecule has 1 N–H and O–H groups in total. The van der Waals surface area contributed by atoms with Gasteiger partial charge in [-0.05, 0) is 44.3 Å². The minimum Gasteiger partial charge on any atom is -0.354 e. The summed E-state index contributed by atoms with van der Waals surface area (Å²) in [5, 5.41) is 3.59. The summed E-state index contributed by atoms with van der Waals surface area (Å²) in [5.74, 6) is -0.713. The third-order valence-corrected chi connectivity index (χ3v) is 5.39. The van der Waals surface area contributed by atoms with Crippen LogP contribution in [0.15, 0.2) is 48.5 Å². The van der Waals surface area contributed by atoms with Gasteiger partial charge in [0, 0.05) is 24.5 Å². The number of rotatable bonds is 8. The number of benzene rings is 2. The van der Waals surface area contributed by atoms with E-state index in [4.69, 9.17) is 11.6 Å². The molecule has 0 saturated heterocycles. The third kappa shape index (κ3) is 4.66. The summed E-state index contributed by atoms with van der Waals surface area (Å²) < 4.78 is 0. The summed E-state index contributed by atoms with van der Waals surface area (Å²) in [5.41, 5.74) is 1.80. The van der Waals surface area contributed by atoms with Crippen molar-refractivity contribution in [2.75, 3.05) is 27.2 Å². The number of carbonyl (C=O) groups excluding carboxylic acids is 3. The number of fused-ring (bicyclic) bond motifs is 1. The van der Waals surface area contributed by atoms with E-state index in [-0.39, 0.29) is 36.7 Å². The van der Waals surface area contributed by atoms with Gasteiger partial charge in [-0.25, -0.2) is 0 Å². The van der Waals surface area contributed by atoms with Gasteiger partial charge in [-0.15, -0.1) is 0 Å². The molecule has 1 atom stereocenters. The van der Waals surface area contributed by atoms with Crippen molar-refractivity contribution in [3.63, 3.8) is 0 Å². The smallest absolute Gasteiger partial charge is 0.261 e. The molecular weight excluding hydrogens is 390 g/mol. The summed E-state index contributed by atoms with van der Waals surface area (Å²) >= 11 is 6.29. The van der Waals surface area contributed by atoms with Crippen LogP contribution in [-0.4, -0.2) is 54.7 Å². The van der Waals surface area contributed by atoms with Crippen molar-refractivity contribution >= 4 is 29.3 Å². The molecular formula is C22H24ClN3O3. The zero-order chi connectivity index (χ0) is 21.0. The first-order valence-corrected chi connectivity index (χ1v) is 9.90. The minimum atomic E-state index is -0.294. The molecule has 0 aliphatic carbocycles. The predicted octanol–water partition coefficient (Wildman–Crippen LogP) is 3.14. The zero-order valence-corrected chi connectivity index (χ0v) is 17.3. The lowest BCUT2D eigenvalue weighted by molar-refractivity contribution is -0.121. The summed E-state index contributed by atoms with van der Waals surface area (Å²) in [6.45, 7) is 0.643. The third-order valence-electron chi connectivity index (χ3n) is 5.04. The molecule has 0 spiro atoms. The van der Waals surface area contributed by atoms with Crippen molar-refractivity contribution in [1.29, 1.82) is 0 Å². The van der Waals surface area contributed by atoms with Crippen molar-refractivity contribution in [3.05, 3.63) is 70.2 Å². The Bertz CT molecular complexity index is 894. The van der Waals surface area contributed by atoms with Crippen LogP contribution in [0, 0.1) is 0 Å². The molecule has 0 unspecified atom stereocenters. The molecule has 6 nitrogen and oxygen atoms in total. The van der Waals surface area contributed by atoms with E-state index < -0.39 is 0 Å². The van der Waals surface area contributed by atoms with Crippen molar-refractivity contribution in [3.8, 4) is 0 Å². The fourth-order valence-corrected chi connectivity index (χ4v) is 3.72. The van der Waals surface area contributed by atoms with Crippen LogP contribution in [-0.2, 0) is 4.79 Å². The van der Waals surface area contributed by atoms with Gasteiger partial charge in [0.15, 0.2) is 0 Å². The molecule has 2 aromatic carbocycles. The first-order valence-electron chi connectivity index (χ1n) is 9.53. The second kappa shape index (κ2) is 9.20. The molecule has 2 aromatic rings. The van der Waals surface area contributed by atoms with E-state index in [2.05, 4.69) is 5.32 Å². The first kappa shape index (κ1) is 21.0. The van der Waals surface area contributed by atoms with Crippen molar-refractivity contribution in [2.45, 2.75) is 18.9 Å². The number of imide groups is 1. The van der Waals surface area contributed by atoms with Crippen molar-refractivity contribution in [1.82, 2.24) is 15.1 Å². The molecule has 152 valence electrons. The van der Waals surface area contributed by atoms with E-state index in [1.165, 1.54) is 4.90 Å². The van der Waals surface area contributed by atoms with E-state index in [1.54, 1.807) is 24.3 Å².